The summed E-state index contributed by atoms with van der Waals surface area (Å²) in [6.45, 7) is 4.59. The molecule has 0 bridgehead atoms. The van der Waals surface area contributed by atoms with Crippen molar-refractivity contribution in [3.05, 3.63) is 34.0 Å². The Morgan fingerprint density at radius 1 is 0.625 bits per heavy atom. The summed E-state index contributed by atoms with van der Waals surface area (Å²) in [4.78, 5) is 0. The van der Waals surface area contributed by atoms with Crippen molar-refractivity contribution < 1.29 is 0 Å². The Hall–Kier alpha value is -0.860. The van der Waals surface area contributed by atoms with Gasteiger partial charge in [-0.05, 0) is 70.5 Å². The predicted octanol–water partition coefficient (Wildman–Crippen LogP) is 8.36. The van der Waals surface area contributed by atoms with E-state index in [2.05, 4.69) is 36.7 Å². The monoisotopic (exact) mass is 358 g/mol. The van der Waals surface area contributed by atoms with Crippen molar-refractivity contribution in [2.24, 2.45) is 0 Å². The maximum Gasteiger partial charge on any atom is 0.0384 e. The molecule has 130 valence electrons. The van der Waals surface area contributed by atoms with Crippen LogP contribution in [0.3, 0.4) is 0 Å². The first-order valence-corrected chi connectivity index (χ1v) is 11.5. The molecule has 0 nitrogen and oxygen atoms in total. The molecule has 0 amide bonds. The average Bonchev–Trinajstić information content (AvgIpc) is 3.25. The second-order valence-corrected chi connectivity index (χ2v) is 8.74. The molecule has 2 heteroatoms. The maximum atomic E-state index is 2.38. The molecule has 0 aliphatic rings. The molecular weight excluding hydrogens is 328 g/mol. The largest absolute Gasteiger partial charge is 0.143 e. The van der Waals surface area contributed by atoms with Gasteiger partial charge in [0, 0.05) is 9.40 Å². The van der Waals surface area contributed by atoms with E-state index in [4.69, 9.17) is 0 Å². The summed E-state index contributed by atoms with van der Waals surface area (Å²) in [5, 5.41) is 7.72. The van der Waals surface area contributed by atoms with Gasteiger partial charge in [-0.2, -0.15) is 0 Å². The van der Waals surface area contributed by atoms with Gasteiger partial charge in [-0.3, -0.25) is 0 Å². The van der Waals surface area contributed by atoms with Gasteiger partial charge in [-0.1, -0.05) is 52.4 Å². The van der Waals surface area contributed by atoms with Gasteiger partial charge >= 0.3 is 0 Å². The third-order valence-electron chi connectivity index (χ3n) is 5.09. The van der Waals surface area contributed by atoms with Crippen LogP contribution in [0.25, 0.3) is 20.2 Å². The van der Waals surface area contributed by atoms with Gasteiger partial charge in [0.15, 0.2) is 0 Å². The van der Waals surface area contributed by atoms with Crippen molar-refractivity contribution in [1.29, 1.82) is 0 Å². The molecule has 0 atom stereocenters. The number of unbranched alkanes of at least 4 members (excludes halogenated alkanes) is 6. The van der Waals surface area contributed by atoms with Crippen molar-refractivity contribution in [3.8, 4) is 0 Å². The first-order valence-electron chi connectivity index (χ1n) is 9.74. The minimum Gasteiger partial charge on any atom is -0.143 e. The summed E-state index contributed by atoms with van der Waals surface area (Å²) >= 11 is 3.92. The molecule has 24 heavy (non-hydrogen) atoms. The van der Waals surface area contributed by atoms with Crippen molar-refractivity contribution in [1.82, 2.24) is 0 Å². The van der Waals surface area contributed by atoms with Crippen molar-refractivity contribution in [2.75, 3.05) is 0 Å². The predicted molar refractivity (Wildman–Crippen MR) is 113 cm³/mol. The Bertz CT molecular complexity index is 650. The summed E-state index contributed by atoms with van der Waals surface area (Å²) in [7, 11) is 0. The van der Waals surface area contributed by atoms with Crippen molar-refractivity contribution >= 4 is 42.8 Å². The molecule has 2 heterocycles. The normalized spacial score (nSPS) is 11.8. The molecule has 0 fully saturated rings. The second-order valence-electron chi connectivity index (χ2n) is 6.91. The molecule has 1 aromatic carbocycles. The molecule has 0 saturated carbocycles. The highest BCUT2D eigenvalue weighted by Gasteiger charge is 2.15. The van der Waals surface area contributed by atoms with Crippen LogP contribution in [0.1, 0.15) is 76.3 Å². The van der Waals surface area contributed by atoms with Crippen LogP contribution in [0, 0.1) is 0 Å². The fraction of sp³-hybridized carbons (Fsp3) is 0.545. The standard InChI is InChI=1S/C22H30S2/c1-3-5-7-9-11-17-19-13-15-24-22(19)18(12-10-8-6-4-2)20-14-16-23-21(17)20/h13-16H,3-12H2,1-2H3. The molecule has 0 aliphatic heterocycles. The van der Waals surface area contributed by atoms with E-state index in [1.807, 2.05) is 22.7 Å². The van der Waals surface area contributed by atoms with E-state index in [0.717, 1.165) is 0 Å². The number of thiophene rings is 2. The molecule has 3 rings (SSSR count). The van der Waals surface area contributed by atoms with Crippen LogP contribution in [0.4, 0.5) is 0 Å². The fourth-order valence-corrected chi connectivity index (χ4v) is 5.78. The van der Waals surface area contributed by atoms with Crippen LogP contribution >= 0.6 is 22.7 Å². The number of fused-ring (bicyclic) bond motifs is 2. The zero-order chi connectivity index (χ0) is 16.8. The summed E-state index contributed by atoms with van der Waals surface area (Å²) in [5.41, 5.74) is 3.26. The SMILES string of the molecule is CCCCCCc1c2ccsc2c(CCCCCC)c2ccsc12. The van der Waals surface area contributed by atoms with E-state index in [-0.39, 0.29) is 0 Å². The quantitative estimate of drug-likeness (QED) is 0.319. The minimum absolute atomic E-state index is 1.25. The average molecular weight is 359 g/mol. The first-order chi connectivity index (χ1) is 11.9. The fourth-order valence-electron chi connectivity index (χ4n) is 3.76. The van der Waals surface area contributed by atoms with Crippen molar-refractivity contribution in [3.63, 3.8) is 0 Å². The van der Waals surface area contributed by atoms with Gasteiger partial charge in [0.25, 0.3) is 0 Å². The zero-order valence-corrected chi connectivity index (χ0v) is 16.8. The third kappa shape index (κ3) is 3.86. The minimum atomic E-state index is 1.25. The molecular formula is C22H30S2. The molecule has 2 aromatic heterocycles. The van der Waals surface area contributed by atoms with Crippen molar-refractivity contribution in [2.45, 2.75) is 78.1 Å². The molecule has 0 N–H and O–H groups in total. The second kappa shape index (κ2) is 9.01. The lowest BCUT2D eigenvalue weighted by atomic mass is 9.95. The molecule has 0 unspecified atom stereocenters. The van der Waals surface area contributed by atoms with E-state index in [1.54, 1.807) is 31.3 Å². The van der Waals surface area contributed by atoms with E-state index in [0.29, 0.717) is 0 Å². The number of rotatable bonds is 10. The van der Waals surface area contributed by atoms with Gasteiger partial charge in [-0.15, -0.1) is 22.7 Å². The summed E-state index contributed by atoms with van der Waals surface area (Å²) in [6.07, 6.45) is 13.3. The number of aryl methyl sites for hydroxylation is 2. The Morgan fingerprint density at radius 2 is 1.08 bits per heavy atom. The highest BCUT2D eigenvalue weighted by molar-refractivity contribution is 7.19. The van der Waals surface area contributed by atoms with E-state index >= 15 is 0 Å². The molecule has 3 aromatic rings. The van der Waals surface area contributed by atoms with E-state index in [1.165, 1.54) is 64.2 Å². The van der Waals surface area contributed by atoms with E-state index < -0.39 is 0 Å². The Balaban J connectivity index is 1.91. The van der Waals surface area contributed by atoms with Crippen LogP contribution in [0.2, 0.25) is 0 Å². The molecule has 0 aliphatic carbocycles. The van der Waals surface area contributed by atoms with Crippen LogP contribution in [-0.4, -0.2) is 0 Å². The first kappa shape index (κ1) is 17.9. The topological polar surface area (TPSA) is 0 Å². The van der Waals surface area contributed by atoms with Crippen LogP contribution < -0.4 is 0 Å². The van der Waals surface area contributed by atoms with Crippen LogP contribution in [-0.2, 0) is 12.8 Å². The Labute approximate surface area is 154 Å². The van der Waals surface area contributed by atoms with Gasteiger partial charge < -0.3 is 0 Å². The zero-order valence-electron chi connectivity index (χ0n) is 15.2. The van der Waals surface area contributed by atoms with Gasteiger partial charge in [0.1, 0.15) is 0 Å². The lowest BCUT2D eigenvalue weighted by molar-refractivity contribution is 0.668. The lowest BCUT2D eigenvalue weighted by Crippen LogP contribution is -1.93. The highest BCUT2D eigenvalue weighted by Crippen LogP contribution is 2.40. The summed E-state index contributed by atoms with van der Waals surface area (Å²) < 4.78 is 3.14. The number of benzene rings is 1. The molecule has 0 saturated heterocycles. The highest BCUT2D eigenvalue weighted by atomic mass is 32.1. The molecule has 0 spiro atoms. The molecule has 0 radical (unpaired) electrons. The van der Waals surface area contributed by atoms with E-state index in [9.17, 15) is 0 Å². The summed E-state index contributed by atoms with van der Waals surface area (Å²) in [6, 6.07) is 4.76. The van der Waals surface area contributed by atoms with Crippen LogP contribution in [0.15, 0.2) is 22.9 Å². The third-order valence-corrected chi connectivity index (χ3v) is 7.04. The van der Waals surface area contributed by atoms with Gasteiger partial charge in [0.05, 0.1) is 0 Å². The number of hydrogen-bond donors (Lipinski definition) is 0. The Kier molecular flexibility index (Phi) is 6.74. The smallest absolute Gasteiger partial charge is 0.0384 e. The Morgan fingerprint density at radius 3 is 1.50 bits per heavy atom. The van der Waals surface area contributed by atoms with Gasteiger partial charge in [0.2, 0.25) is 0 Å². The number of hydrogen-bond acceptors (Lipinski definition) is 2. The summed E-state index contributed by atoms with van der Waals surface area (Å²) in [5.74, 6) is 0. The van der Waals surface area contributed by atoms with Crippen LogP contribution in [0.5, 0.6) is 0 Å². The van der Waals surface area contributed by atoms with Gasteiger partial charge in [-0.25, -0.2) is 0 Å². The lowest BCUT2D eigenvalue weighted by Gasteiger charge is -2.12. The maximum absolute atomic E-state index is 2.38.